The number of rotatable bonds is 2. The Bertz CT molecular complexity index is 324. The van der Waals surface area contributed by atoms with Gasteiger partial charge in [-0.3, -0.25) is 0 Å². The van der Waals surface area contributed by atoms with Crippen molar-refractivity contribution >= 4 is 0 Å². The van der Waals surface area contributed by atoms with Gasteiger partial charge in [-0.25, -0.2) is 0 Å². The zero-order chi connectivity index (χ0) is 13.9. The molecule has 3 rings (SSSR count). The summed E-state index contributed by atoms with van der Waals surface area (Å²) in [4.78, 5) is 0. The first-order valence-corrected chi connectivity index (χ1v) is 9.07. The molecule has 2 saturated carbocycles. The van der Waals surface area contributed by atoms with Crippen molar-refractivity contribution < 1.29 is 0 Å². The van der Waals surface area contributed by atoms with Crippen LogP contribution in [0, 0.1) is 29.6 Å². The molecule has 0 saturated heterocycles. The topological polar surface area (TPSA) is 0 Å². The minimum atomic E-state index is 0.941. The zero-order valence-corrected chi connectivity index (χ0v) is 13.6. The molecule has 3 aliphatic carbocycles. The maximum Gasteiger partial charge on any atom is -0.0203 e. The first-order valence-electron chi connectivity index (χ1n) is 9.07. The minimum Gasteiger partial charge on any atom is -0.0848 e. The molecule has 112 valence electrons. The van der Waals surface area contributed by atoms with Gasteiger partial charge in [0.15, 0.2) is 0 Å². The SMILES string of the molecule is C[C]1CCC(C2=CCC([C]3CCC(C)CC3)CC2)CC1. The van der Waals surface area contributed by atoms with E-state index in [9.17, 15) is 0 Å². The van der Waals surface area contributed by atoms with Gasteiger partial charge in [0.1, 0.15) is 0 Å². The van der Waals surface area contributed by atoms with Crippen LogP contribution >= 0.6 is 0 Å². The quantitative estimate of drug-likeness (QED) is 0.519. The van der Waals surface area contributed by atoms with Crippen LogP contribution in [-0.4, -0.2) is 0 Å². The Morgan fingerprint density at radius 1 is 0.800 bits per heavy atom. The Morgan fingerprint density at radius 3 is 2.05 bits per heavy atom. The van der Waals surface area contributed by atoms with E-state index in [1.165, 1.54) is 70.6 Å². The molecule has 3 aliphatic rings. The van der Waals surface area contributed by atoms with Crippen LogP contribution in [0.1, 0.15) is 84.5 Å². The van der Waals surface area contributed by atoms with Crippen molar-refractivity contribution in [3.63, 3.8) is 0 Å². The number of hydrogen-bond acceptors (Lipinski definition) is 0. The molecule has 0 heterocycles. The molecular weight excluding hydrogens is 240 g/mol. The van der Waals surface area contributed by atoms with Crippen molar-refractivity contribution in [3.8, 4) is 0 Å². The molecule has 0 nitrogen and oxygen atoms in total. The van der Waals surface area contributed by atoms with E-state index >= 15 is 0 Å². The van der Waals surface area contributed by atoms with Gasteiger partial charge in [-0.05, 0) is 87.4 Å². The van der Waals surface area contributed by atoms with Crippen LogP contribution in [0.25, 0.3) is 0 Å². The highest BCUT2D eigenvalue weighted by atomic mass is 14.3. The Morgan fingerprint density at radius 2 is 1.45 bits per heavy atom. The van der Waals surface area contributed by atoms with Crippen LogP contribution in [0.2, 0.25) is 0 Å². The Kier molecular flexibility index (Phi) is 4.89. The summed E-state index contributed by atoms with van der Waals surface area (Å²) >= 11 is 0. The molecule has 20 heavy (non-hydrogen) atoms. The van der Waals surface area contributed by atoms with E-state index < -0.39 is 0 Å². The van der Waals surface area contributed by atoms with Crippen LogP contribution in [0.5, 0.6) is 0 Å². The second-order valence-corrected chi connectivity index (χ2v) is 7.82. The smallest absolute Gasteiger partial charge is 0.0203 e. The Hall–Kier alpha value is -0.260. The molecule has 0 spiro atoms. The van der Waals surface area contributed by atoms with Crippen molar-refractivity contribution in [1.29, 1.82) is 0 Å². The highest BCUT2D eigenvalue weighted by Crippen LogP contribution is 2.44. The lowest BCUT2D eigenvalue weighted by molar-refractivity contribution is 0.325. The van der Waals surface area contributed by atoms with Crippen molar-refractivity contribution in [3.05, 3.63) is 23.5 Å². The second-order valence-electron chi connectivity index (χ2n) is 7.82. The summed E-state index contributed by atoms with van der Waals surface area (Å²) in [6.45, 7) is 4.78. The van der Waals surface area contributed by atoms with Gasteiger partial charge in [-0.2, -0.15) is 0 Å². The fraction of sp³-hybridized carbons (Fsp3) is 0.800. The summed E-state index contributed by atoms with van der Waals surface area (Å²) in [6, 6.07) is 0. The van der Waals surface area contributed by atoms with Gasteiger partial charge < -0.3 is 0 Å². The molecular formula is C20H32. The molecule has 0 aromatic heterocycles. The zero-order valence-electron chi connectivity index (χ0n) is 13.6. The van der Waals surface area contributed by atoms with Gasteiger partial charge in [0, 0.05) is 0 Å². The summed E-state index contributed by atoms with van der Waals surface area (Å²) in [6.07, 6.45) is 18.4. The molecule has 0 N–H and O–H groups in total. The van der Waals surface area contributed by atoms with Crippen molar-refractivity contribution in [2.24, 2.45) is 17.8 Å². The summed E-state index contributed by atoms with van der Waals surface area (Å²) in [5.74, 6) is 6.53. The molecule has 0 aromatic carbocycles. The summed E-state index contributed by atoms with van der Waals surface area (Å²) in [5.41, 5.74) is 1.83. The van der Waals surface area contributed by atoms with Crippen LogP contribution in [0.15, 0.2) is 11.6 Å². The third kappa shape index (κ3) is 3.49. The van der Waals surface area contributed by atoms with E-state index in [0.29, 0.717) is 0 Å². The van der Waals surface area contributed by atoms with Gasteiger partial charge in [0.05, 0.1) is 0 Å². The number of hydrogen-bond donors (Lipinski definition) is 0. The largest absolute Gasteiger partial charge is 0.0848 e. The third-order valence-corrected chi connectivity index (χ3v) is 6.30. The maximum absolute atomic E-state index is 2.66. The monoisotopic (exact) mass is 272 g/mol. The van der Waals surface area contributed by atoms with Gasteiger partial charge >= 0.3 is 0 Å². The first-order chi connectivity index (χ1) is 9.72. The molecule has 0 bridgehead atoms. The second kappa shape index (κ2) is 6.67. The summed E-state index contributed by atoms with van der Waals surface area (Å²) in [7, 11) is 0. The van der Waals surface area contributed by atoms with Crippen LogP contribution in [0.3, 0.4) is 0 Å². The lowest BCUT2D eigenvalue weighted by atomic mass is 9.69. The standard InChI is InChI=1S/C20H32/c1-15-3-7-17(8-4-15)19-11-13-20(14-12-19)18-9-5-16(2)6-10-18/h11,16-17,20H,3-10,12-14H2,1-2H3. The summed E-state index contributed by atoms with van der Waals surface area (Å²) < 4.78 is 0. The van der Waals surface area contributed by atoms with Crippen molar-refractivity contribution in [2.75, 3.05) is 0 Å². The van der Waals surface area contributed by atoms with Crippen LogP contribution < -0.4 is 0 Å². The van der Waals surface area contributed by atoms with E-state index in [4.69, 9.17) is 0 Å². The van der Waals surface area contributed by atoms with E-state index in [1.807, 2.05) is 11.5 Å². The van der Waals surface area contributed by atoms with E-state index in [1.54, 1.807) is 5.92 Å². The average Bonchev–Trinajstić information content (AvgIpc) is 2.49. The number of allylic oxidation sites excluding steroid dienone is 2. The predicted octanol–water partition coefficient (Wildman–Crippen LogP) is 6.28. The average molecular weight is 272 g/mol. The van der Waals surface area contributed by atoms with Crippen LogP contribution in [-0.2, 0) is 0 Å². The minimum absolute atomic E-state index is 0.941. The summed E-state index contributed by atoms with van der Waals surface area (Å²) in [5, 5.41) is 0. The molecule has 1 unspecified atom stereocenters. The van der Waals surface area contributed by atoms with E-state index in [-0.39, 0.29) is 0 Å². The molecule has 2 fully saturated rings. The third-order valence-electron chi connectivity index (χ3n) is 6.30. The van der Waals surface area contributed by atoms with Gasteiger partial charge in [0.2, 0.25) is 0 Å². The van der Waals surface area contributed by atoms with E-state index in [0.717, 1.165) is 17.8 Å². The maximum atomic E-state index is 2.66. The molecule has 0 aromatic rings. The lowest BCUT2D eigenvalue weighted by Gasteiger charge is -2.36. The first kappa shape index (κ1) is 14.7. The normalized spacial score (nSPS) is 32.3. The van der Waals surface area contributed by atoms with Crippen molar-refractivity contribution in [2.45, 2.75) is 84.5 Å². The molecule has 0 amide bonds. The highest BCUT2D eigenvalue weighted by Gasteiger charge is 2.30. The Balaban J connectivity index is 1.50. The molecule has 1 atom stereocenters. The molecule has 2 radical (unpaired) electrons. The van der Waals surface area contributed by atoms with Crippen LogP contribution in [0.4, 0.5) is 0 Å². The van der Waals surface area contributed by atoms with E-state index in [2.05, 4.69) is 19.9 Å². The molecule has 0 aliphatic heterocycles. The Labute approximate surface area is 126 Å². The predicted molar refractivity (Wildman–Crippen MR) is 87.2 cm³/mol. The van der Waals surface area contributed by atoms with Gasteiger partial charge in [-0.1, -0.05) is 38.3 Å². The van der Waals surface area contributed by atoms with Gasteiger partial charge in [-0.15, -0.1) is 0 Å². The lowest BCUT2D eigenvalue weighted by Crippen LogP contribution is -2.22. The molecule has 0 heteroatoms. The van der Waals surface area contributed by atoms with Crippen molar-refractivity contribution in [1.82, 2.24) is 0 Å². The van der Waals surface area contributed by atoms with Gasteiger partial charge in [0.25, 0.3) is 0 Å². The highest BCUT2D eigenvalue weighted by molar-refractivity contribution is 5.16. The fourth-order valence-electron chi connectivity index (χ4n) is 4.62. The fourth-order valence-corrected chi connectivity index (χ4v) is 4.62.